The average molecular weight is 279 g/mol. The molecule has 0 N–H and O–H groups in total. The first kappa shape index (κ1) is 13.0. The summed E-state index contributed by atoms with van der Waals surface area (Å²) in [6.45, 7) is 0. The summed E-state index contributed by atoms with van der Waals surface area (Å²) in [5.41, 5.74) is 2.91. The number of carbonyl (C=O) groups is 1. The summed E-state index contributed by atoms with van der Waals surface area (Å²) in [6.07, 6.45) is 0.328. The fraction of sp³-hybridized carbons (Fsp3) is 0.176. The maximum atomic E-state index is 11.9. The quantitative estimate of drug-likeness (QED) is 0.792. The number of fused-ring (bicyclic) bond motifs is 1. The van der Waals surface area contributed by atoms with Gasteiger partial charge in [-0.3, -0.25) is 4.79 Å². The summed E-state index contributed by atoms with van der Waals surface area (Å²) < 4.78 is 0. The van der Waals surface area contributed by atoms with Crippen LogP contribution < -0.4 is 0 Å². The first-order valence-electron chi connectivity index (χ1n) is 6.52. The second-order valence-corrected chi connectivity index (χ2v) is 5.82. The molecule has 20 heavy (non-hydrogen) atoms. The van der Waals surface area contributed by atoms with Crippen LogP contribution in [-0.4, -0.2) is 5.78 Å². The molecule has 3 heteroatoms. The van der Waals surface area contributed by atoms with Crippen molar-refractivity contribution >= 4 is 17.5 Å². The Morgan fingerprint density at radius 3 is 2.70 bits per heavy atom. The van der Waals surface area contributed by atoms with Gasteiger partial charge in [0.25, 0.3) is 0 Å². The van der Waals surface area contributed by atoms with E-state index in [0.29, 0.717) is 6.42 Å². The predicted octanol–water partition coefficient (Wildman–Crippen LogP) is 4.17. The summed E-state index contributed by atoms with van der Waals surface area (Å²) in [5.74, 6) is 0.662. The molecule has 2 nitrogen and oxygen atoms in total. The molecule has 0 fully saturated rings. The van der Waals surface area contributed by atoms with E-state index in [1.54, 1.807) is 11.8 Å². The molecule has 1 unspecified atom stereocenters. The van der Waals surface area contributed by atoms with Crippen LogP contribution in [0, 0.1) is 11.3 Å². The van der Waals surface area contributed by atoms with Gasteiger partial charge >= 0.3 is 0 Å². The van der Waals surface area contributed by atoms with E-state index in [1.165, 1.54) is 5.56 Å². The Kier molecular flexibility index (Phi) is 3.58. The van der Waals surface area contributed by atoms with Crippen LogP contribution in [0.25, 0.3) is 0 Å². The largest absolute Gasteiger partial charge is 0.294 e. The van der Waals surface area contributed by atoms with Crippen molar-refractivity contribution < 1.29 is 4.79 Å². The molecule has 2 aromatic carbocycles. The molecule has 1 aliphatic rings. The van der Waals surface area contributed by atoms with Gasteiger partial charge in [-0.15, -0.1) is 11.8 Å². The summed E-state index contributed by atoms with van der Waals surface area (Å²) in [4.78, 5) is 13.0. The number of benzene rings is 2. The number of rotatable bonds is 3. The highest BCUT2D eigenvalue weighted by atomic mass is 32.2. The number of hydrogen-bond acceptors (Lipinski definition) is 3. The number of carbonyl (C=O) groups excluding carboxylic acids is 1. The number of hydrogen-bond donors (Lipinski definition) is 0. The van der Waals surface area contributed by atoms with Crippen LogP contribution in [0.15, 0.2) is 53.4 Å². The predicted molar refractivity (Wildman–Crippen MR) is 79.7 cm³/mol. The topological polar surface area (TPSA) is 40.9 Å². The molecule has 0 spiro atoms. The molecular formula is C17H13NOS. The number of Topliss-reactive ketones (excluding diaryl/α,β-unsaturated/α-hetero) is 1. The van der Waals surface area contributed by atoms with Gasteiger partial charge in [-0.25, -0.2) is 0 Å². The molecular weight excluding hydrogens is 266 g/mol. The zero-order valence-corrected chi connectivity index (χ0v) is 11.7. The summed E-state index contributed by atoms with van der Waals surface area (Å²) in [6, 6.07) is 18.2. The van der Waals surface area contributed by atoms with Crippen molar-refractivity contribution in [2.75, 3.05) is 0 Å². The van der Waals surface area contributed by atoms with Crippen molar-refractivity contribution in [1.29, 1.82) is 5.26 Å². The first-order chi connectivity index (χ1) is 9.79. The molecule has 1 atom stereocenters. The van der Waals surface area contributed by atoms with Crippen LogP contribution in [0.1, 0.15) is 33.8 Å². The normalized spacial score (nSPS) is 16.8. The molecule has 0 saturated carbocycles. The lowest BCUT2D eigenvalue weighted by molar-refractivity contribution is 0.0992. The van der Waals surface area contributed by atoms with Crippen molar-refractivity contribution in [2.45, 2.75) is 23.0 Å². The van der Waals surface area contributed by atoms with Crippen LogP contribution in [-0.2, 0) is 5.75 Å². The van der Waals surface area contributed by atoms with E-state index in [1.807, 2.05) is 36.4 Å². The Balaban J connectivity index is 1.89. The van der Waals surface area contributed by atoms with E-state index in [0.717, 1.165) is 21.8 Å². The summed E-state index contributed by atoms with van der Waals surface area (Å²) in [7, 11) is 0. The smallest absolute Gasteiger partial charge is 0.164 e. The molecule has 0 aliphatic heterocycles. The van der Waals surface area contributed by atoms with E-state index in [2.05, 4.69) is 18.2 Å². The molecule has 98 valence electrons. The van der Waals surface area contributed by atoms with Gasteiger partial charge in [0, 0.05) is 22.6 Å². The number of ketones is 1. The van der Waals surface area contributed by atoms with Gasteiger partial charge in [0.15, 0.2) is 5.78 Å². The highest BCUT2D eigenvalue weighted by Gasteiger charge is 2.31. The Hall–Kier alpha value is -2.05. The van der Waals surface area contributed by atoms with Gasteiger partial charge in [-0.2, -0.15) is 5.26 Å². The minimum atomic E-state index is -0.281. The van der Waals surface area contributed by atoms with Crippen molar-refractivity contribution in [3.63, 3.8) is 0 Å². The van der Waals surface area contributed by atoms with Crippen molar-refractivity contribution in [3.8, 4) is 6.07 Å². The lowest BCUT2D eigenvalue weighted by Crippen LogP contribution is -1.93. The third-order valence-electron chi connectivity index (χ3n) is 3.50. The molecule has 0 saturated heterocycles. The van der Waals surface area contributed by atoms with Crippen LogP contribution in [0.5, 0.6) is 0 Å². The lowest BCUT2D eigenvalue weighted by Gasteiger charge is -2.09. The fourth-order valence-corrected chi connectivity index (χ4v) is 3.61. The van der Waals surface area contributed by atoms with Gasteiger partial charge in [0.1, 0.15) is 0 Å². The van der Waals surface area contributed by atoms with Gasteiger partial charge in [0.2, 0.25) is 0 Å². The molecule has 0 radical (unpaired) electrons. The fourth-order valence-electron chi connectivity index (χ4n) is 2.52. The number of nitrogens with zero attached hydrogens (tertiary/aromatic N) is 1. The lowest BCUT2D eigenvalue weighted by atomic mass is 10.0. The van der Waals surface area contributed by atoms with Crippen LogP contribution in [0.4, 0.5) is 0 Å². The van der Waals surface area contributed by atoms with Crippen molar-refractivity contribution in [2.24, 2.45) is 0 Å². The van der Waals surface area contributed by atoms with E-state index < -0.39 is 0 Å². The minimum Gasteiger partial charge on any atom is -0.294 e. The van der Waals surface area contributed by atoms with Gasteiger partial charge in [-0.1, -0.05) is 42.5 Å². The van der Waals surface area contributed by atoms with Gasteiger partial charge in [-0.05, 0) is 17.2 Å². The van der Waals surface area contributed by atoms with Crippen LogP contribution in [0.3, 0.4) is 0 Å². The Labute approximate surface area is 122 Å². The number of thioether (sulfide) groups is 1. The zero-order chi connectivity index (χ0) is 13.9. The van der Waals surface area contributed by atoms with E-state index >= 15 is 0 Å². The second kappa shape index (κ2) is 5.52. The van der Waals surface area contributed by atoms with Gasteiger partial charge < -0.3 is 0 Å². The standard InChI is InChI=1S/C17H13NOS/c18-10-13-9-15(19)14-7-4-8-16(17(13)14)20-11-12-5-2-1-3-6-12/h1-8,13H,9,11H2. The van der Waals surface area contributed by atoms with E-state index in [-0.39, 0.29) is 11.7 Å². The molecule has 0 aromatic heterocycles. The van der Waals surface area contributed by atoms with Crippen molar-refractivity contribution in [3.05, 3.63) is 65.2 Å². The van der Waals surface area contributed by atoms with Crippen LogP contribution in [0.2, 0.25) is 0 Å². The molecule has 0 heterocycles. The Morgan fingerprint density at radius 1 is 1.15 bits per heavy atom. The Bertz CT molecular complexity index is 688. The minimum absolute atomic E-state index is 0.0914. The zero-order valence-electron chi connectivity index (χ0n) is 10.9. The summed E-state index contributed by atoms with van der Waals surface area (Å²) >= 11 is 1.70. The average Bonchev–Trinajstić information content (AvgIpc) is 2.83. The third kappa shape index (κ3) is 2.35. The monoisotopic (exact) mass is 279 g/mol. The first-order valence-corrected chi connectivity index (χ1v) is 7.50. The van der Waals surface area contributed by atoms with E-state index in [9.17, 15) is 10.1 Å². The van der Waals surface area contributed by atoms with Gasteiger partial charge in [0.05, 0.1) is 12.0 Å². The molecule has 3 rings (SSSR count). The molecule has 0 bridgehead atoms. The number of nitriles is 1. The highest BCUT2D eigenvalue weighted by molar-refractivity contribution is 7.98. The van der Waals surface area contributed by atoms with Crippen molar-refractivity contribution in [1.82, 2.24) is 0 Å². The van der Waals surface area contributed by atoms with Crippen LogP contribution >= 0.6 is 11.8 Å². The second-order valence-electron chi connectivity index (χ2n) is 4.80. The maximum absolute atomic E-state index is 11.9. The summed E-state index contributed by atoms with van der Waals surface area (Å²) in [5, 5.41) is 9.23. The molecule has 0 amide bonds. The maximum Gasteiger partial charge on any atom is 0.164 e. The highest BCUT2D eigenvalue weighted by Crippen LogP contribution is 2.40. The molecule has 1 aliphatic carbocycles. The molecule has 2 aromatic rings. The Morgan fingerprint density at radius 2 is 1.95 bits per heavy atom. The van der Waals surface area contributed by atoms with E-state index in [4.69, 9.17) is 0 Å². The third-order valence-corrected chi connectivity index (χ3v) is 4.64. The SMILES string of the molecule is N#CC1CC(=O)c2cccc(SCc3ccccc3)c21.